The van der Waals surface area contributed by atoms with E-state index < -0.39 is 0 Å². The molecule has 11 aromatic rings. The zero-order valence-electron chi connectivity index (χ0n) is 34.8. The topological polar surface area (TPSA) is 3.24 Å². The van der Waals surface area contributed by atoms with Crippen LogP contribution in [0.3, 0.4) is 0 Å². The van der Waals surface area contributed by atoms with Crippen LogP contribution >= 0.6 is 0 Å². The first-order valence-electron chi connectivity index (χ1n) is 21.7. The number of hydrogen-bond donors (Lipinski definition) is 0. The lowest BCUT2D eigenvalue weighted by Crippen LogP contribution is -2.11. The highest BCUT2D eigenvalue weighted by Gasteiger charge is 2.24. The number of rotatable bonds is 9. The van der Waals surface area contributed by atoms with E-state index in [0.717, 1.165) is 28.2 Å². The summed E-state index contributed by atoms with van der Waals surface area (Å²) >= 11 is 0. The van der Waals surface area contributed by atoms with Crippen molar-refractivity contribution in [1.82, 2.24) is 0 Å². The SMILES string of the molecule is c1ccc(-c2ccc(-c3ccc(N(c4cc(-c5ccccc5)cc(-c5ccccc5)c4)c4cccc5c4c(-c4ccccc4)c(-c4ccccc4)c4ccccc45)cc3)cc2)cc1. The molecule has 11 aromatic carbocycles. The molecule has 0 fully saturated rings. The minimum atomic E-state index is 1.07. The second-order valence-electron chi connectivity index (χ2n) is 16.1. The Labute approximate surface area is 369 Å². The van der Waals surface area contributed by atoms with Gasteiger partial charge < -0.3 is 4.90 Å². The van der Waals surface area contributed by atoms with Crippen molar-refractivity contribution in [2.45, 2.75) is 0 Å². The van der Waals surface area contributed by atoms with Crippen molar-refractivity contribution < 1.29 is 0 Å². The molecule has 1 nitrogen and oxygen atoms in total. The first-order chi connectivity index (χ1) is 31.3. The highest BCUT2D eigenvalue weighted by molar-refractivity contribution is 6.25. The van der Waals surface area contributed by atoms with E-state index in [1.807, 2.05) is 0 Å². The van der Waals surface area contributed by atoms with Crippen LogP contribution in [0.15, 0.2) is 261 Å². The molecule has 0 bridgehead atoms. The molecule has 0 unspecified atom stereocenters. The van der Waals surface area contributed by atoms with Crippen LogP contribution in [0.4, 0.5) is 17.1 Å². The summed E-state index contributed by atoms with van der Waals surface area (Å²) in [5.74, 6) is 0. The maximum Gasteiger partial charge on any atom is 0.0546 e. The van der Waals surface area contributed by atoms with Gasteiger partial charge in [0.25, 0.3) is 0 Å². The lowest BCUT2D eigenvalue weighted by Gasteiger charge is -2.30. The number of hydrogen-bond acceptors (Lipinski definition) is 1. The van der Waals surface area contributed by atoms with Gasteiger partial charge in [0.2, 0.25) is 0 Å². The summed E-state index contributed by atoms with van der Waals surface area (Å²) in [7, 11) is 0. The van der Waals surface area contributed by atoms with Crippen LogP contribution in [0.1, 0.15) is 0 Å². The summed E-state index contributed by atoms with van der Waals surface area (Å²) in [6.45, 7) is 0. The van der Waals surface area contributed by atoms with Gasteiger partial charge in [0.15, 0.2) is 0 Å². The van der Waals surface area contributed by atoms with Crippen LogP contribution in [0.5, 0.6) is 0 Å². The maximum absolute atomic E-state index is 2.49. The number of benzene rings is 11. The molecule has 0 N–H and O–H groups in total. The predicted octanol–water partition coefficient (Wildman–Crippen LogP) is 17.5. The van der Waals surface area contributed by atoms with Crippen LogP contribution in [0.2, 0.25) is 0 Å². The second kappa shape index (κ2) is 16.7. The fraction of sp³-hybridized carbons (Fsp3) is 0. The van der Waals surface area contributed by atoms with Crippen molar-refractivity contribution in [3.05, 3.63) is 261 Å². The summed E-state index contributed by atoms with van der Waals surface area (Å²) < 4.78 is 0. The Hall–Kier alpha value is -8.26. The van der Waals surface area contributed by atoms with Crippen molar-refractivity contribution in [2.75, 3.05) is 4.90 Å². The Morgan fingerprint density at radius 3 is 1.06 bits per heavy atom. The van der Waals surface area contributed by atoms with E-state index in [1.54, 1.807) is 0 Å². The molecule has 0 heterocycles. The van der Waals surface area contributed by atoms with Crippen LogP contribution in [-0.4, -0.2) is 0 Å². The molecule has 0 amide bonds. The largest absolute Gasteiger partial charge is 0.310 e. The number of fused-ring (bicyclic) bond motifs is 3. The zero-order chi connectivity index (χ0) is 42.0. The Morgan fingerprint density at radius 1 is 0.206 bits per heavy atom. The van der Waals surface area contributed by atoms with E-state index in [9.17, 15) is 0 Å². The second-order valence-corrected chi connectivity index (χ2v) is 16.1. The summed E-state index contributed by atoms with van der Waals surface area (Å²) in [6, 6.07) is 94.8. The summed E-state index contributed by atoms with van der Waals surface area (Å²) in [4.78, 5) is 2.49. The molecule has 0 radical (unpaired) electrons. The number of anilines is 3. The first-order valence-corrected chi connectivity index (χ1v) is 21.7. The third-order valence-electron chi connectivity index (χ3n) is 12.2. The quantitative estimate of drug-likeness (QED) is 0.131. The Morgan fingerprint density at radius 2 is 0.571 bits per heavy atom. The standard InChI is InChI=1S/C62H43N/c1-6-19-44(20-7-1)47-33-35-48(36-34-47)49-37-39-54(40-38-49)63(55-42-52(45-21-8-2-9-22-45)41-53(43-55)46-23-10-3-11-24-46)59-32-18-31-58-56-29-16-17-30-57(56)60(50-25-12-4-13-26-50)61(62(58)59)51-27-14-5-15-28-51/h1-43H. The smallest absolute Gasteiger partial charge is 0.0546 e. The van der Waals surface area contributed by atoms with Crippen molar-refractivity contribution >= 4 is 38.6 Å². The van der Waals surface area contributed by atoms with E-state index in [2.05, 4.69) is 266 Å². The van der Waals surface area contributed by atoms with Gasteiger partial charge in [-0.25, -0.2) is 0 Å². The predicted molar refractivity (Wildman–Crippen MR) is 269 cm³/mol. The molecule has 0 atom stereocenters. The van der Waals surface area contributed by atoms with Gasteiger partial charge in [0, 0.05) is 22.3 Å². The van der Waals surface area contributed by atoms with E-state index >= 15 is 0 Å². The van der Waals surface area contributed by atoms with E-state index in [1.165, 1.54) is 77.2 Å². The average Bonchev–Trinajstić information content (AvgIpc) is 3.37. The molecular weight excluding hydrogens is 759 g/mol. The van der Waals surface area contributed by atoms with Gasteiger partial charge in [0.1, 0.15) is 0 Å². The summed E-state index contributed by atoms with van der Waals surface area (Å²) in [6.07, 6.45) is 0. The Bertz CT molecular complexity index is 3270. The first kappa shape index (κ1) is 37.7. The highest BCUT2D eigenvalue weighted by Crippen LogP contribution is 2.51. The highest BCUT2D eigenvalue weighted by atomic mass is 15.1. The normalized spacial score (nSPS) is 11.2. The van der Waals surface area contributed by atoms with Gasteiger partial charge in [-0.1, -0.05) is 224 Å². The van der Waals surface area contributed by atoms with Gasteiger partial charge >= 0.3 is 0 Å². The van der Waals surface area contributed by atoms with E-state index in [4.69, 9.17) is 0 Å². The Kier molecular flexibility index (Phi) is 9.97. The fourth-order valence-electron chi connectivity index (χ4n) is 9.26. The van der Waals surface area contributed by atoms with Gasteiger partial charge in [-0.3, -0.25) is 0 Å². The molecule has 0 aliphatic heterocycles. The van der Waals surface area contributed by atoms with Gasteiger partial charge in [-0.2, -0.15) is 0 Å². The molecular formula is C62H43N. The summed E-state index contributed by atoms with van der Waals surface area (Å²) in [5, 5.41) is 4.88. The third kappa shape index (κ3) is 7.26. The van der Waals surface area contributed by atoms with Crippen molar-refractivity contribution in [1.29, 1.82) is 0 Å². The van der Waals surface area contributed by atoms with Crippen LogP contribution < -0.4 is 4.90 Å². The lowest BCUT2D eigenvalue weighted by molar-refractivity contribution is 1.30. The minimum Gasteiger partial charge on any atom is -0.310 e. The van der Waals surface area contributed by atoms with Crippen LogP contribution in [0.25, 0.3) is 88.3 Å². The zero-order valence-corrected chi connectivity index (χ0v) is 34.8. The average molecular weight is 802 g/mol. The van der Waals surface area contributed by atoms with Gasteiger partial charge in [-0.05, 0) is 114 Å². The molecule has 0 saturated carbocycles. The molecule has 0 aromatic heterocycles. The van der Waals surface area contributed by atoms with E-state index in [0.29, 0.717) is 0 Å². The van der Waals surface area contributed by atoms with Gasteiger partial charge in [0.05, 0.1) is 5.69 Å². The monoisotopic (exact) mass is 801 g/mol. The van der Waals surface area contributed by atoms with Crippen molar-refractivity contribution in [3.63, 3.8) is 0 Å². The molecule has 0 aliphatic carbocycles. The van der Waals surface area contributed by atoms with Crippen molar-refractivity contribution in [2.24, 2.45) is 0 Å². The number of nitrogens with zero attached hydrogens (tertiary/aromatic N) is 1. The molecule has 0 spiro atoms. The molecule has 296 valence electrons. The minimum absolute atomic E-state index is 1.07. The van der Waals surface area contributed by atoms with Crippen LogP contribution in [-0.2, 0) is 0 Å². The van der Waals surface area contributed by atoms with Crippen LogP contribution in [0, 0.1) is 0 Å². The molecule has 63 heavy (non-hydrogen) atoms. The van der Waals surface area contributed by atoms with Crippen molar-refractivity contribution in [3.8, 4) is 66.8 Å². The Balaban J connectivity index is 1.20. The fourth-order valence-corrected chi connectivity index (χ4v) is 9.26. The molecule has 0 aliphatic rings. The molecule has 1 heteroatoms. The maximum atomic E-state index is 2.49. The van der Waals surface area contributed by atoms with E-state index in [-0.39, 0.29) is 0 Å². The molecule has 0 saturated heterocycles. The van der Waals surface area contributed by atoms with Gasteiger partial charge in [-0.15, -0.1) is 0 Å². The molecule has 11 rings (SSSR count). The lowest BCUT2D eigenvalue weighted by atomic mass is 9.84. The third-order valence-corrected chi connectivity index (χ3v) is 12.2. The summed E-state index contributed by atoms with van der Waals surface area (Å²) in [5.41, 5.74) is 17.5.